The van der Waals surface area contributed by atoms with Crippen molar-refractivity contribution in [1.29, 1.82) is 0 Å². The van der Waals surface area contributed by atoms with Gasteiger partial charge in [-0.1, -0.05) is 28.8 Å². The summed E-state index contributed by atoms with van der Waals surface area (Å²) in [4.78, 5) is 12.0. The van der Waals surface area contributed by atoms with Crippen LogP contribution >= 0.6 is 0 Å². The van der Waals surface area contributed by atoms with Gasteiger partial charge in [-0.05, 0) is 38.3 Å². The molecule has 1 heterocycles. The minimum atomic E-state index is -3.48. The van der Waals surface area contributed by atoms with Crippen LogP contribution in [-0.2, 0) is 19.6 Å². The third-order valence-electron chi connectivity index (χ3n) is 4.72. The highest BCUT2D eigenvalue weighted by Crippen LogP contribution is 2.36. The SMILES string of the molecule is COC(=O)[C@@H]1CCC2=C(C1)CN(S(=O)(=O)c1ccc(C)cc1)C2. The molecule has 0 radical (unpaired) electrons. The van der Waals surface area contributed by atoms with E-state index in [1.165, 1.54) is 17.0 Å². The maximum atomic E-state index is 12.8. The van der Waals surface area contributed by atoms with Gasteiger partial charge in [-0.3, -0.25) is 4.79 Å². The highest BCUT2D eigenvalue weighted by atomic mass is 32.2. The van der Waals surface area contributed by atoms with Crippen molar-refractivity contribution >= 4 is 16.0 Å². The summed E-state index contributed by atoms with van der Waals surface area (Å²) in [6.07, 6.45) is 2.13. The summed E-state index contributed by atoms with van der Waals surface area (Å²) in [6.45, 7) is 2.76. The van der Waals surface area contributed by atoms with Crippen molar-refractivity contribution in [1.82, 2.24) is 4.31 Å². The van der Waals surface area contributed by atoms with Crippen LogP contribution in [0.25, 0.3) is 0 Å². The number of carbonyl (C=O) groups is 1. The van der Waals surface area contributed by atoms with Gasteiger partial charge in [0.2, 0.25) is 10.0 Å². The average Bonchev–Trinajstić information content (AvgIpc) is 2.98. The lowest BCUT2D eigenvalue weighted by Crippen LogP contribution is -2.29. The molecule has 0 unspecified atom stereocenters. The van der Waals surface area contributed by atoms with E-state index in [2.05, 4.69) is 0 Å². The van der Waals surface area contributed by atoms with Crippen LogP contribution in [0.4, 0.5) is 0 Å². The van der Waals surface area contributed by atoms with E-state index in [0.717, 1.165) is 24.0 Å². The number of hydrogen-bond acceptors (Lipinski definition) is 4. The molecule has 6 heteroatoms. The Bertz CT molecular complexity index is 749. The molecule has 1 aliphatic heterocycles. The number of methoxy groups -OCH3 is 1. The van der Waals surface area contributed by atoms with Crippen molar-refractivity contribution in [3.63, 3.8) is 0 Å². The number of carbonyl (C=O) groups excluding carboxylic acids is 1. The van der Waals surface area contributed by atoms with Crippen LogP contribution in [0.2, 0.25) is 0 Å². The Hall–Kier alpha value is -1.66. The minimum Gasteiger partial charge on any atom is -0.469 e. The number of ether oxygens (including phenoxy) is 1. The van der Waals surface area contributed by atoms with Crippen molar-refractivity contribution in [3.05, 3.63) is 41.0 Å². The first-order chi connectivity index (χ1) is 10.9. The van der Waals surface area contributed by atoms with Crippen LogP contribution in [0.1, 0.15) is 24.8 Å². The molecule has 1 aromatic rings. The van der Waals surface area contributed by atoms with Gasteiger partial charge < -0.3 is 4.74 Å². The summed E-state index contributed by atoms with van der Waals surface area (Å²) in [5.41, 5.74) is 3.28. The average molecular weight is 335 g/mol. The van der Waals surface area contributed by atoms with Gasteiger partial charge in [0.05, 0.1) is 17.9 Å². The molecule has 5 nitrogen and oxygen atoms in total. The largest absolute Gasteiger partial charge is 0.469 e. The molecule has 0 saturated carbocycles. The van der Waals surface area contributed by atoms with Crippen LogP contribution in [0.5, 0.6) is 0 Å². The predicted molar refractivity (Wildman–Crippen MR) is 86.3 cm³/mol. The Balaban J connectivity index is 1.76. The van der Waals surface area contributed by atoms with E-state index in [4.69, 9.17) is 4.74 Å². The Morgan fingerprint density at radius 2 is 1.83 bits per heavy atom. The lowest BCUT2D eigenvalue weighted by atomic mass is 9.85. The Morgan fingerprint density at radius 3 is 2.48 bits per heavy atom. The van der Waals surface area contributed by atoms with Gasteiger partial charge in [0, 0.05) is 13.1 Å². The summed E-state index contributed by atoms with van der Waals surface area (Å²) in [7, 11) is -2.08. The smallest absolute Gasteiger partial charge is 0.308 e. The molecule has 1 aromatic carbocycles. The first-order valence-corrected chi connectivity index (χ1v) is 9.20. The quantitative estimate of drug-likeness (QED) is 0.628. The fourth-order valence-corrected chi connectivity index (χ4v) is 4.74. The van der Waals surface area contributed by atoms with Gasteiger partial charge in [0.25, 0.3) is 0 Å². The Kier molecular flexibility index (Phi) is 4.29. The molecule has 0 saturated heterocycles. The molecule has 1 aliphatic carbocycles. The molecule has 124 valence electrons. The van der Waals surface area contributed by atoms with Crippen molar-refractivity contribution in [2.24, 2.45) is 5.92 Å². The highest BCUT2D eigenvalue weighted by molar-refractivity contribution is 7.89. The van der Waals surface area contributed by atoms with Gasteiger partial charge >= 0.3 is 5.97 Å². The van der Waals surface area contributed by atoms with Crippen LogP contribution < -0.4 is 0 Å². The van der Waals surface area contributed by atoms with E-state index in [9.17, 15) is 13.2 Å². The maximum Gasteiger partial charge on any atom is 0.308 e. The van der Waals surface area contributed by atoms with Gasteiger partial charge in [-0.2, -0.15) is 4.31 Å². The zero-order valence-corrected chi connectivity index (χ0v) is 14.2. The molecule has 0 aromatic heterocycles. The van der Waals surface area contributed by atoms with Gasteiger partial charge in [0.1, 0.15) is 0 Å². The molecule has 0 fully saturated rings. The monoisotopic (exact) mass is 335 g/mol. The molecule has 0 amide bonds. The Labute approximate surface area is 137 Å². The molecule has 2 aliphatic rings. The third kappa shape index (κ3) is 3.05. The van der Waals surface area contributed by atoms with Crippen LogP contribution in [0.15, 0.2) is 40.3 Å². The number of benzene rings is 1. The van der Waals surface area contributed by atoms with Gasteiger partial charge in [0.15, 0.2) is 0 Å². The van der Waals surface area contributed by atoms with E-state index in [0.29, 0.717) is 24.4 Å². The maximum absolute atomic E-state index is 12.8. The Morgan fingerprint density at radius 1 is 1.17 bits per heavy atom. The van der Waals surface area contributed by atoms with Crippen molar-refractivity contribution < 1.29 is 17.9 Å². The summed E-state index contributed by atoms with van der Waals surface area (Å²) in [5.74, 6) is -0.336. The van der Waals surface area contributed by atoms with E-state index in [1.807, 2.05) is 19.1 Å². The second-order valence-corrected chi connectivity index (χ2v) is 8.19. The second kappa shape index (κ2) is 6.09. The molecular formula is C17H21NO4S. The zero-order chi connectivity index (χ0) is 16.6. The number of nitrogens with zero attached hydrogens (tertiary/aromatic N) is 1. The topological polar surface area (TPSA) is 63.7 Å². The molecule has 23 heavy (non-hydrogen) atoms. The molecule has 0 N–H and O–H groups in total. The number of aryl methyl sites for hydroxylation is 1. The van der Waals surface area contributed by atoms with Crippen LogP contribution in [0.3, 0.4) is 0 Å². The summed E-state index contributed by atoms with van der Waals surface area (Å²) < 4.78 is 31.9. The lowest BCUT2D eigenvalue weighted by Gasteiger charge is -2.20. The van der Waals surface area contributed by atoms with Gasteiger partial charge in [-0.15, -0.1) is 0 Å². The van der Waals surface area contributed by atoms with Crippen molar-refractivity contribution in [2.45, 2.75) is 31.1 Å². The van der Waals surface area contributed by atoms with Crippen LogP contribution in [-0.4, -0.2) is 38.9 Å². The highest BCUT2D eigenvalue weighted by Gasteiger charge is 2.36. The van der Waals surface area contributed by atoms with Crippen molar-refractivity contribution in [3.8, 4) is 0 Å². The molecule has 0 spiro atoms. The first-order valence-electron chi connectivity index (χ1n) is 7.76. The minimum absolute atomic E-state index is 0.138. The summed E-state index contributed by atoms with van der Waals surface area (Å²) >= 11 is 0. The molecule has 0 bridgehead atoms. The fraction of sp³-hybridized carbons (Fsp3) is 0.471. The number of sulfonamides is 1. The van der Waals surface area contributed by atoms with E-state index >= 15 is 0 Å². The standard InChI is InChI=1S/C17H21NO4S/c1-12-3-7-16(8-4-12)23(20,21)18-10-14-6-5-13(17(19)22-2)9-15(14)11-18/h3-4,7-8,13H,5-6,9-11H2,1-2H3/t13-/m1/s1. The normalized spacial score (nSPS) is 22.1. The van der Waals surface area contributed by atoms with Crippen molar-refractivity contribution in [2.75, 3.05) is 20.2 Å². The summed E-state index contributed by atoms with van der Waals surface area (Å²) in [5, 5.41) is 0. The number of hydrogen-bond donors (Lipinski definition) is 0. The van der Waals surface area contributed by atoms with E-state index in [-0.39, 0.29) is 11.9 Å². The predicted octanol–water partition coefficient (Wildman–Crippen LogP) is 2.27. The molecular weight excluding hydrogens is 314 g/mol. The number of esters is 1. The van der Waals surface area contributed by atoms with Gasteiger partial charge in [-0.25, -0.2) is 8.42 Å². The third-order valence-corrected chi connectivity index (χ3v) is 6.52. The number of rotatable bonds is 3. The van der Waals surface area contributed by atoms with Crippen LogP contribution in [0, 0.1) is 12.8 Å². The zero-order valence-electron chi connectivity index (χ0n) is 13.4. The van der Waals surface area contributed by atoms with E-state index < -0.39 is 10.0 Å². The first kappa shape index (κ1) is 16.2. The van der Waals surface area contributed by atoms with E-state index in [1.54, 1.807) is 12.1 Å². The lowest BCUT2D eigenvalue weighted by molar-refractivity contribution is -0.145. The summed E-state index contributed by atoms with van der Waals surface area (Å²) in [6, 6.07) is 6.92. The fourth-order valence-electron chi connectivity index (χ4n) is 3.32. The molecule has 1 atom stereocenters. The second-order valence-electron chi connectivity index (χ2n) is 6.26. The molecule has 3 rings (SSSR count).